The summed E-state index contributed by atoms with van der Waals surface area (Å²) in [6.07, 6.45) is -3.90. The van der Waals surface area contributed by atoms with E-state index >= 15 is 0 Å². The number of nitrogens with one attached hydrogen (secondary N) is 1. The lowest BCUT2D eigenvalue weighted by Gasteiger charge is -2.24. The van der Waals surface area contributed by atoms with Gasteiger partial charge in [0.25, 0.3) is 0 Å². The fraction of sp³-hybridized carbons (Fsp3) is 0.263. The zero-order valence-electron chi connectivity index (χ0n) is 13.8. The van der Waals surface area contributed by atoms with Crippen LogP contribution in [-0.4, -0.2) is 22.8 Å². The summed E-state index contributed by atoms with van der Waals surface area (Å²) in [4.78, 5) is 26.1. The molecule has 2 aromatic rings. The van der Waals surface area contributed by atoms with Crippen LogP contribution in [0.1, 0.15) is 24.0 Å². The van der Waals surface area contributed by atoms with Crippen molar-refractivity contribution >= 4 is 17.5 Å². The molecule has 0 bridgehead atoms. The third-order valence-corrected chi connectivity index (χ3v) is 4.28. The maximum atomic E-state index is 12.8. The van der Waals surface area contributed by atoms with E-state index in [2.05, 4.69) is 5.32 Å². The lowest BCUT2D eigenvalue weighted by molar-refractivity contribution is -0.137. The number of rotatable bonds is 4. The van der Waals surface area contributed by atoms with Gasteiger partial charge < -0.3 is 10.2 Å². The van der Waals surface area contributed by atoms with E-state index < -0.39 is 23.7 Å². The van der Waals surface area contributed by atoms with Crippen molar-refractivity contribution in [1.82, 2.24) is 4.90 Å². The molecule has 1 aliphatic rings. The van der Waals surface area contributed by atoms with Gasteiger partial charge in [0, 0.05) is 18.7 Å². The number of hydrogen-bond donors (Lipinski definition) is 1. The Kier molecular flexibility index (Phi) is 4.97. The van der Waals surface area contributed by atoms with Crippen LogP contribution >= 0.6 is 0 Å². The Morgan fingerprint density at radius 3 is 2.54 bits per heavy atom. The van der Waals surface area contributed by atoms with Gasteiger partial charge in [-0.3, -0.25) is 9.59 Å². The van der Waals surface area contributed by atoms with Crippen LogP contribution in [0.25, 0.3) is 0 Å². The molecule has 0 saturated carbocycles. The van der Waals surface area contributed by atoms with Gasteiger partial charge >= 0.3 is 6.18 Å². The number of nitrogens with zero attached hydrogens (tertiary/aromatic N) is 1. The quantitative estimate of drug-likeness (QED) is 0.899. The summed E-state index contributed by atoms with van der Waals surface area (Å²) in [6, 6.07) is 13.0. The van der Waals surface area contributed by atoms with E-state index in [1.165, 1.54) is 17.0 Å². The maximum Gasteiger partial charge on any atom is 0.416 e. The van der Waals surface area contributed by atoms with Crippen LogP contribution < -0.4 is 5.32 Å². The summed E-state index contributed by atoms with van der Waals surface area (Å²) in [5, 5.41) is 2.50. The summed E-state index contributed by atoms with van der Waals surface area (Å²) in [5.41, 5.74) is 0.113. The van der Waals surface area contributed by atoms with E-state index in [9.17, 15) is 22.8 Å². The maximum absolute atomic E-state index is 12.8. The summed E-state index contributed by atoms with van der Waals surface area (Å²) in [5.74, 6) is -0.621. The van der Waals surface area contributed by atoms with Crippen LogP contribution in [0.2, 0.25) is 0 Å². The lowest BCUT2D eigenvalue weighted by Crippen LogP contribution is -2.41. The molecule has 1 heterocycles. The minimum atomic E-state index is -4.48. The highest BCUT2D eigenvalue weighted by atomic mass is 19.4. The summed E-state index contributed by atoms with van der Waals surface area (Å²) >= 11 is 0. The van der Waals surface area contributed by atoms with E-state index in [0.29, 0.717) is 13.0 Å². The zero-order chi connectivity index (χ0) is 18.7. The summed E-state index contributed by atoms with van der Waals surface area (Å²) in [7, 11) is 0. The van der Waals surface area contributed by atoms with Gasteiger partial charge in [0.1, 0.15) is 6.04 Å². The number of carbonyl (C=O) groups is 2. The fourth-order valence-corrected chi connectivity index (χ4v) is 2.98. The molecule has 4 nitrogen and oxygen atoms in total. The molecule has 2 aromatic carbocycles. The predicted molar refractivity (Wildman–Crippen MR) is 90.1 cm³/mol. The molecule has 3 rings (SSSR count). The normalized spacial score (nSPS) is 17.4. The minimum absolute atomic E-state index is 0.0591. The number of amides is 2. The molecule has 0 radical (unpaired) electrons. The van der Waals surface area contributed by atoms with Crippen molar-refractivity contribution in [3.63, 3.8) is 0 Å². The van der Waals surface area contributed by atoms with Gasteiger partial charge in [-0.1, -0.05) is 36.4 Å². The highest BCUT2D eigenvalue weighted by Gasteiger charge is 2.36. The minimum Gasteiger partial charge on any atom is -0.326 e. The average molecular weight is 362 g/mol. The predicted octanol–water partition coefficient (Wildman–Crippen LogP) is 3.84. The second kappa shape index (κ2) is 7.19. The highest BCUT2D eigenvalue weighted by Crippen LogP contribution is 2.31. The molecule has 1 atom stereocenters. The molecule has 1 saturated heterocycles. The number of carbonyl (C=O) groups excluding carboxylic acids is 2. The lowest BCUT2D eigenvalue weighted by atomic mass is 10.1. The Bertz CT molecular complexity index is 806. The van der Waals surface area contributed by atoms with E-state index in [4.69, 9.17) is 0 Å². The van der Waals surface area contributed by atoms with E-state index in [0.717, 1.165) is 17.7 Å². The molecule has 1 unspecified atom stereocenters. The molecule has 0 spiro atoms. The first-order valence-electron chi connectivity index (χ1n) is 8.16. The molecular formula is C19H17F3N2O2. The Morgan fingerprint density at radius 2 is 1.85 bits per heavy atom. The summed E-state index contributed by atoms with van der Waals surface area (Å²) in [6.45, 7) is 0.292. The number of alkyl halides is 3. The van der Waals surface area contributed by atoms with Gasteiger partial charge in [-0.25, -0.2) is 0 Å². The first kappa shape index (κ1) is 18.0. The number of likely N-dealkylation sites (tertiary alicyclic amines) is 1. The molecule has 26 heavy (non-hydrogen) atoms. The zero-order valence-corrected chi connectivity index (χ0v) is 13.8. The van der Waals surface area contributed by atoms with Crippen molar-refractivity contribution in [2.75, 3.05) is 5.32 Å². The molecule has 0 aliphatic carbocycles. The van der Waals surface area contributed by atoms with Crippen LogP contribution in [0.15, 0.2) is 54.6 Å². The van der Waals surface area contributed by atoms with E-state index in [-0.39, 0.29) is 18.0 Å². The smallest absolute Gasteiger partial charge is 0.326 e. The molecule has 0 aromatic heterocycles. The van der Waals surface area contributed by atoms with Gasteiger partial charge in [-0.05, 0) is 30.2 Å². The monoisotopic (exact) mass is 362 g/mol. The van der Waals surface area contributed by atoms with Gasteiger partial charge in [0.05, 0.1) is 5.56 Å². The molecule has 136 valence electrons. The van der Waals surface area contributed by atoms with Crippen LogP contribution in [0.3, 0.4) is 0 Å². The van der Waals surface area contributed by atoms with Crippen LogP contribution in [0, 0.1) is 0 Å². The molecular weight excluding hydrogens is 345 g/mol. The molecule has 1 aliphatic heterocycles. The fourth-order valence-electron chi connectivity index (χ4n) is 2.98. The van der Waals surface area contributed by atoms with E-state index in [1.54, 1.807) is 0 Å². The van der Waals surface area contributed by atoms with Crippen LogP contribution in [0.4, 0.5) is 18.9 Å². The summed E-state index contributed by atoms with van der Waals surface area (Å²) < 4.78 is 38.4. The SMILES string of the molecule is O=C(Nc1cccc(C(F)(F)F)c1)C1CCC(=O)N1Cc1ccccc1. The van der Waals surface area contributed by atoms with Gasteiger partial charge in [0.15, 0.2) is 0 Å². The van der Waals surface area contributed by atoms with Gasteiger partial charge in [-0.15, -0.1) is 0 Å². The second-order valence-corrected chi connectivity index (χ2v) is 6.13. The Balaban J connectivity index is 1.73. The van der Waals surface area contributed by atoms with Gasteiger partial charge in [-0.2, -0.15) is 13.2 Å². The third kappa shape index (κ3) is 4.04. The van der Waals surface area contributed by atoms with Crippen molar-refractivity contribution < 1.29 is 22.8 Å². The molecule has 1 N–H and O–H groups in total. The van der Waals surface area contributed by atoms with Crippen molar-refractivity contribution in [2.45, 2.75) is 31.6 Å². The number of anilines is 1. The second-order valence-electron chi connectivity index (χ2n) is 6.13. The number of benzene rings is 2. The standard InChI is InChI=1S/C19H17F3N2O2/c20-19(21,22)14-7-4-8-15(11-14)23-18(26)16-9-10-17(25)24(16)12-13-5-2-1-3-6-13/h1-8,11,16H,9-10,12H2,(H,23,26). The Morgan fingerprint density at radius 1 is 1.12 bits per heavy atom. The molecule has 1 fully saturated rings. The third-order valence-electron chi connectivity index (χ3n) is 4.28. The topological polar surface area (TPSA) is 49.4 Å². The first-order valence-corrected chi connectivity index (χ1v) is 8.16. The molecule has 7 heteroatoms. The highest BCUT2D eigenvalue weighted by molar-refractivity contribution is 5.99. The van der Waals surface area contributed by atoms with Crippen LogP contribution in [0.5, 0.6) is 0 Å². The van der Waals surface area contributed by atoms with Crippen molar-refractivity contribution in [1.29, 1.82) is 0 Å². The van der Waals surface area contributed by atoms with Gasteiger partial charge in [0.2, 0.25) is 11.8 Å². The largest absolute Gasteiger partial charge is 0.416 e. The van der Waals surface area contributed by atoms with Crippen molar-refractivity contribution in [2.24, 2.45) is 0 Å². The van der Waals surface area contributed by atoms with Crippen molar-refractivity contribution in [3.05, 3.63) is 65.7 Å². The average Bonchev–Trinajstić information content (AvgIpc) is 2.96. The Hall–Kier alpha value is -2.83. The number of hydrogen-bond acceptors (Lipinski definition) is 2. The number of halogens is 3. The van der Waals surface area contributed by atoms with E-state index in [1.807, 2.05) is 30.3 Å². The molecule has 2 amide bonds. The van der Waals surface area contributed by atoms with Crippen LogP contribution in [-0.2, 0) is 22.3 Å². The Labute approximate surface area is 148 Å². The van der Waals surface area contributed by atoms with Crippen molar-refractivity contribution in [3.8, 4) is 0 Å². The first-order chi connectivity index (χ1) is 12.3.